The first kappa shape index (κ1) is 44.6. The van der Waals surface area contributed by atoms with Gasteiger partial charge in [0.1, 0.15) is 0 Å². The Morgan fingerprint density at radius 1 is 0.429 bits per heavy atom. The van der Waals surface area contributed by atoms with Gasteiger partial charge in [0.05, 0.1) is 31.8 Å². The molecule has 0 unspecified atom stereocenters. The summed E-state index contributed by atoms with van der Waals surface area (Å²) < 4.78 is 5.11. The normalized spacial score (nSPS) is 13.5. The molecule has 0 radical (unpaired) electrons. The van der Waals surface area contributed by atoms with Gasteiger partial charge in [-0.1, -0.05) is 0 Å². The van der Waals surface area contributed by atoms with E-state index in [-0.39, 0.29) is 12.3 Å². The smallest absolute Gasteiger partial charge is 0.396 e. The molecule has 11 heteroatoms. The second kappa shape index (κ2) is 27.8. The van der Waals surface area contributed by atoms with Crippen LogP contribution >= 0.6 is 15.9 Å². The summed E-state index contributed by atoms with van der Waals surface area (Å²) >= 11 is 0. The van der Waals surface area contributed by atoms with Gasteiger partial charge in [-0.15, -0.1) is 0 Å². The molecule has 8 N–H and O–H groups in total. The van der Waals surface area contributed by atoms with Crippen molar-refractivity contribution in [3.8, 4) is 0 Å². The van der Waals surface area contributed by atoms with E-state index in [9.17, 15) is 19.6 Å². The first-order valence-corrected chi connectivity index (χ1v) is 20.8. The number of unbranched alkanes of at least 4 members (excludes halogenated alkanes) is 14. The van der Waals surface area contributed by atoms with E-state index >= 15 is 0 Å². The average Bonchev–Trinajstić information content (AvgIpc) is 2.91. The minimum absolute atomic E-state index is 0.161. The van der Waals surface area contributed by atoms with Gasteiger partial charge in [0.25, 0.3) is 0 Å². The van der Waals surface area contributed by atoms with Crippen LogP contribution in [0.3, 0.4) is 0 Å². The Hall–Kier alpha value is 0.500. The van der Waals surface area contributed by atoms with Crippen molar-refractivity contribution in [2.24, 2.45) is 17.3 Å². The summed E-state index contributed by atoms with van der Waals surface area (Å²) in [5, 5.41) is 34.0. The second-order valence-corrected chi connectivity index (χ2v) is 18.0. The Morgan fingerprint density at radius 3 is 0.881 bits per heavy atom. The van der Waals surface area contributed by atoms with Crippen LogP contribution in [0.15, 0.2) is 0 Å². The van der Waals surface area contributed by atoms with Gasteiger partial charge in [-0.05, 0) is 0 Å². The summed E-state index contributed by atoms with van der Waals surface area (Å²) in [6.45, 7) is 7.46. The molecule has 0 aliphatic carbocycles. The molecule has 0 amide bonds. The van der Waals surface area contributed by atoms with Crippen LogP contribution in [-0.4, -0.2) is 78.8 Å². The zero-order chi connectivity index (χ0) is 32.3. The Bertz CT molecular complexity index is 519. The number of hydrogen-bond acceptors (Lipinski definition) is 9. The van der Waals surface area contributed by atoms with Crippen LogP contribution in [-0.2, 0) is 4.31 Å². The van der Waals surface area contributed by atoms with E-state index < -0.39 is 47.7 Å². The third kappa shape index (κ3) is 29.2. The molecule has 0 aliphatic heterocycles. The van der Waals surface area contributed by atoms with Crippen LogP contribution in [0.4, 0.5) is 0 Å². The van der Waals surface area contributed by atoms with Crippen molar-refractivity contribution in [1.29, 1.82) is 0 Å². The minimum Gasteiger partial charge on any atom is -0.396 e. The van der Waals surface area contributed by atoms with E-state index in [1.807, 2.05) is 0 Å². The molecular formula is C31H72O9P2. The summed E-state index contributed by atoms with van der Waals surface area (Å²) in [7, 11) is -7.95. The molecular weight excluding hydrogens is 578 g/mol. The fourth-order valence-electron chi connectivity index (χ4n) is 4.60. The molecule has 0 saturated carbocycles. The molecule has 0 saturated heterocycles. The Balaban J connectivity index is 0. The molecule has 42 heavy (non-hydrogen) atoms. The predicted molar refractivity (Wildman–Crippen MR) is 180 cm³/mol. The molecule has 0 bridgehead atoms. The summed E-state index contributed by atoms with van der Waals surface area (Å²) in [6, 6.07) is 0. The summed E-state index contributed by atoms with van der Waals surface area (Å²) in [4.78, 5) is 40.6. The quantitative estimate of drug-likeness (QED) is 0.0361. The van der Waals surface area contributed by atoms with Gasteiger partial charge in [-0.2, -0.15) is 0 Å². The Labute approximate surface area is 259 Å². The number of rotatable bonds is 28. The van der Waals surface area contributed by atoms with Crippen LogP contribution in [0.5, 0.6) is 0 Å². The van der Waals surface area contributed by atoms with Crippen molar-refractivity contribution < 1.29 is 44.3 Å². The van der Waals surface area contributed by atoms with Crippen LogP contribution in [0.1, 0.15) is 143 Å². The van der Waals surface area contributed by atoms with E-state index in [0.29, 0.717) is 12.8 Å². The van der Waals surface area contributed by atoms with Gasteiger partial charge in [-0.3, -0.25) is 0 Å². The first-order chi connectivity index (χ1) is 19.8. The van der Waals surface area contributed by atoms with Crippen molar-refractivity contribution in [2.45, 2.75) is 143 Å². The molecule has 0 rings (SSSR count). The topological polar surface area (TPSA) is 171 Å². The molecule has 0 aliphatic rings. The van der Waals surface area contributed by atoms with E-state index in [2.05, 4.69) is 27.7 Å². The maximum atomic E-state index is 10.2. The Kier molecular flexibility index (Phi) is 29.5. The van der Waals surface area contributed by atoms with Crippen molar-refractivity contribution >= 4 is 15.9 Å². The molecule has 0 aromatic rings. The minimum atomic E-state index is -3.98. The number of aliphatic hydroxyl groups is 4. The number of aliphatic hydroxyl groups excluding tert-OH is 4. The first-order valence-electron chi connectivity index (χ1n) is 16.8. The van der Waals surface area contributed by atoms with E-state index in [1.165, 1.54) is 77.0 Å². The SMILES string of the molecule is CC(C)CCCCCCCCCC[PH](O)(O)O[PH](O)(O)CCCCCCCCCCC(C)C.OCC(CO)(CO)CO. The van der Waals surface area contributed by atoms with Crippen LogP contribution in [0.2, 0.25) is 0 Å². The molecule has 0 spiro atoms. The zero-order valence-corrected chi connectivity index (χ0v) is 29.6. The number of hydrogen-bond donors (Lipinski definition) is 8. The summed E-state index contributed by atoms with van der Waals surface area (Å²) in [5.41, 5.74) is -1.11. The van der Waals surface area contributed by atoms with E-state index in [0.717, 1.165) is 37.5 Å². The van der Waals surface area contributed by atoms with Gasteiger partial charge in [0.15, 0.2) is 0 Å². The molecule has 0 heterocycles. The van der Waals surface area contributed by atoms with Crippen molar-refractivity contribution in [3.05, 3.63) is 0 Å². The molecule has 9 nitrogen and oxygen atoms in total. The molecule has 0 fully saturated rings. The zero-order valence-electron chi connectivity index (χ0n) is 27.6. The van der Waals surface area contributed by atoms with Gasteiger partial charge < -0.3 is 20.4 Å². The predicted octanol–water partition coefficient (Wildman–Crippen LogP) is 6.24. The van der Waals surface area contributed by atoms with E-state index in [4.69, 9.17) is 24.7 Å². The summed E-state index contributed by atoms with van der Waals surface area (Å²) in [6.07, 6.45) is 21.1. The van der Waals surface area contributed by atoms with Crippen LogP contribution < -0.4 is 0 Å². The molecule has 0 atom stereocenters. The average molecular weight is 651 g/mol. The van der Waals surface area contributed by atoms with E-state index in [1.54, 1.807) is 0 Å². The van der Waals surface area contributed by atoms with Crippen molar-refractivity contribution in [3.63, 3.8) is 0 Å². The molecule has 260 valence electrons. The van der Waals surface area contributed by atoms with Crippen molar-refractivity contribution in [1.82, 2.24) is 0 Å². The second-order valence-electron chi connectivity index (χ2n) is 13.2. The third-order valence-electron chi connectivity index (χ3n) is 7.74. The van der Waals surface area contributed by atoms with Crippen LogP contribution in [0.25, 0.3) is 0 Å². The third-order valence-corrected chi connectivity index (χ3v) is 12.4. The van der Waals surface area contributed by atoms with Gasteiger partial charge in [0, 0.05) is 0 Å². The molecule has 0 aromatic heterocycles. The fourth-order valence-corrected chi connectivity index (χ4v) is 8.93. The molecule has 0 aromatic carbocycles. The standard InChI is InChI=1S/C26H60O5P2.C5H12O4/c1-25(2)21-17-13-9-5-7-11-15-19-23-32(27,28)31-33(29,30)24-20-16-12-8-6-10-14-18-22-26(3)4;6-1-5(2-7,3-8)4-9/h25-30,32-33H,5-24H2,1-4H3;6-9H,1-4H2. The van der Waals surface area contributed by atoms with Gasteiger partial charge in [0.2, 0.25) is 0 Å². The fraction of sp³-hybridized carbons (Fsp3) is 1.00. The summed E-state index contributed by atoms with van der Waals surface area (Å²) in [5.74, 6) is 1.60. The monoisotopic (exact) mass is 650 g/mol. The Morgan fingerprint density at radius 2 is 0.667 bits per heavy atom. The maximum absolute atomic E-state index is 10.2. The van der Waals surface area contributed by atoms with Crippen LogP contribution in [0, 0.1) is 17.3 Å². The van der Waals surface area contributed by atoms with Crippen molar-refractivity contribution in [2.75, 3.05) is 38.8 Å². The van der Waals surface area contributed by atoms with Gasteiger partial charge in [-0.25, -0.2) is 0 Å². The van der Waals surface area contributed by atoms with Gasteiger partial charge >= 0.3 is 207 Å².